The summed E-state index contributed by atoms with van der Waals surface area (Å²) < 4.78 is 8.08. The molecule has 0 aromatic carbocycles. The van der Waals surface area contributed by atoms with Crippen molar-refractivity contribution in [2.75, 3.05) is 30.3 Å². The Bertz CT molecular complexity index is 698. The highest BCUT2D eigenvalue weighted by atomic mass is 16.5. The first kappa shape index (κ1) is 16.3. The number of nitrogens with one attached hydrogen (secondary N) is 2. The topological polar surface area (TPSA) is 76.9 Å². The van der Waals surface area contributed by atoms with Crippen LogP contribution in [0.2, 0.25) is 0 Å². The fraction of sp³-hybridized carbons (Fsp3) is 0.611. The largest absolute Gasteiger partial charge is 0.370 e. The average molecular weight is 342 g/mol. The molecule has 2 aromatic rings. The summed E-state index contributed by atoms with van der Waals surface area (Å²) in [5, 5.41) is 6.86. The lowest BCUT2D eigenvalue weighted by molar-refractivity contribution is -0.0305. The molecular formula is C18H26N6O. The molecule has 1 aliphatic carbocycles. The van der Waals surface area contributed by atoms with E-state index in [1.807, 2.05) is 30.1 Å². The zero-order chi connectivity index (χ0) is 17.1. The first-order valence-corrected chi connectivity index (χ1v) is 9.18. The minimum atomic E-state index is 0.0375. The van der Waals surface area contributed by atoms with E-state index in [1.54, 1.807) is 6.33 Å². The first-order chi connectivity index (χ1) is 12.3. The molecule has 0 spiro atoms. The van der Waals surface area contributed by atoms with E-state index in [0.717, 1.165) is 55.9 Å². The summed E-state index contributed by atoms with van der Waals surface area (Å²) in [6, 6.07) is 1.99. The lowest BCUT2D eigenvalue weighted by atomic mass is 9.93. The van der Waals surface area contributed by atoms with E-state index in [2.05, 4.69) is 25.6 Å². The molecule has 7 heteroatoms. The van der Waals surface area contributed by atoms with Crippen LogP contribution in [0, 0.1) is 11.8 Å². The van der Waals surface area contributed by atoms with E-state index < -0.39 is 0 Å². The smallest absolute Gasteiger partial charge is 0.138 e. The summed E-state index contributed by atoms with van der Waals surface area (Å²) in [6.07, 6.45) is 10.3. The molecule has 2 N–H and O–H groups in total. The van der Waals surface area contributed by atoms with Crippen molar-refractivity contribution < 1.29 is 4.74 Å². The lowest BCUT2D eigenvalue weighted by Crippen LogP contribution is -2.30. The molecule has 2 aromatic heterocycles. The number of hydrogen-bond acceptors (Lipinski definition) is 6. The molecule has 2 aliphatic rings. The van der Waals surface area contributed by atoms with Gasteiger partial charge in [0.1, 0.15) is 29.9 Å². The molecule has 4 rings (SSSR count). The second kappa shape index (κ2) is 7.39. The number of rotatable bonds is 7. The van der Waals surface area contributed by atoms with Crippen molar-refractivity contribution in [3.8, 4) is 0 Å². The number of imidazole rings is 1. The van der Waals surface area contributed by atoms with Crippen molar-refractivity contribution in [1.82, 2.24) is 19.5 Å². The van der Waals surface area contributed by atoms with Crippen molar-refractivity contribution in [3.05, 3.63) is 30.6 Å². The average Bonchev–Trinajstić information content (AvgIpc) is 3.38. The summed E-state index contributed by atoms with van der Waals surface area (Å²) in [5.41, 5.74) is 0. The number of aromatic nitrogens is 4. The van der Waals surface area contributed by atoms with Crippen LogP contribution in [0.4, 0.5) is 11.6 Å². The summed E-state index contributed by atoms with van der Waals surface area (Å²) in [6.45, 7) is 2.63. The van der Waals surface area contributed by atoms with Gasteiger partial charge in [0.05, 0.1) is 0 Å². The maximum absolute atomic E-state index is 6.03. The standard InChI is InChI=1S/C18H26N6O/c1-24-7-6-19-18(24)17-14(3-2-8-25-17)11-21-16-9-15(22-12-23-16)20-10-13-4-5-13/h6-7,9,12-14,17H,2-5,8,10-11H2,1H3,(H2,20,21,22,23)/t14-,17+/m0/s1. The van der Waals surface area contributed by atoms with Gasteiger partial charge in [-0.1, -0.05) is 0 Å². The highest BCUT2D eigenvalue weighted by Gasteiger charge is 2.30. The highest BCUT2D eigenvalue weighted by Crippen LogP contribution is 2.33. The van der Waals surface area contributed by atoms with Crippen LogP contribution in [0.5, 0.6) is 0 Å². The molecule has 3 heterocycles. The van der Waals surface area contributed by atoms with Crippen LogP contribution in [0.15, 0.2) is 24.8 Å². The van der Waals surface area contributed by atoms with Gasteiger partial charge in [-0.15, -0.1) is 0 Å². The van der Waals surface area contributed by atoms with Crippen LogP contribution in [0.25, 0.3) is 0 Å². The van der Waals surface area contributed by atoms with Crippen molar-refractivity contribution in [2.45, 2.75) is 31.8 Å². The molecule has 0 radical (unpaired) electrons. The molecule has 1 aliphatic heterocycles. The first-order valence-electron chi connectivity index (χ1n) is 9.18. The van der Waals surface area contributed by atoms with Crippen LogP contribution < -0.4 is 10.6 Å². The third kappa shape index (κ3) is 4.10. The Balaban J connectivity index is 1.37. The Labute approximate surface area is 148 Å². The molecule has 0 unspecified atom stereocenters. The molecule has 7 nitrogen and oxygen atoms in total. The molecule has 0 bridgehead atoms. The van der Waals surface area contributed by atoms with E-state index in [9.17, 15) is 0 Å². The zero-order valence-corrected chi connectivity index (χ0v) is 14.7. The summed E-state index contributed by atoms with van der Waals surface area (Å²) in [7, 11) is 2.02. The van der Waals surface area contributed by atoms with Crippen LogP contribution in [0.1, 0.15) is 37.6 Å². The van der Waals surface area contributed by atoms with Gasteiger partial charge in [-0.05, 0) is 31.6 Å². The Morgan fingerprint density at radius 3 is 2.64 bits per heavy atom. The SMILES string of the molecule is Cn1ccnc1[C@@H]1OCCC[C@H]1CNc1cc(NCC2CC2)ncn1. The third-order valence-corrected chi connectivity index (χ3v) is 5.04. The monoisotopic (exact) mass is 342 g/mol. The fourth-order valence-electron chi connectivity index (χ4n) is 3.35. The second-order valence-corrected chi connectivity index (χ2v) is 7.08. The van der Waals surface area contributed by atoms with Crippen molar-refractivity contribution >= 4 is 11.6 Å². The number of hydrogen-bond donors (Lipinski definition) is 2. The minimum absolute atomic E-state index is 0.0375. The van der Waals surface area contributed by atoms with Gasteiger partial charge in [0.15, 0.2) is 0 Å². The van der Waals surface area contributed by atoms with E-state index in [1.165, 1.54) is 12.8 Å². The lowest BCUT2D eigenvalue weighted by Gasteiger charge is -2.31. The quantitative estimate of drug-likeness (QED) is 0.805. The number of anilines is 2. The summed E-state index contributed by atoms with van der Waals surface area (Å²) >= 11 is 0. The van der Waals surface area contributed by atoms with Crippen LogP contribution in [-0.2, 0) is 11.8 Å². The Morgan fingerprint density at radius 2 is 1.92 bits per heavy atom. The molecule has 2 atom stereocenters. The van der Waals surface area contributed by atoms with Gasteiger partial charge in [0.25, 0.3) is 0 Å². The molecule has 25 heavy (non-hydrogen) atoms. The van der Waals surface area contributed by atoms with E-state index in [0.29, 0.717) is 5.92 Å². The van der Waals surface area contributed by atoms with Gasteiger partial charge >= 0.3 is 0 Å². The van der Waals surface area contributed by atoms with Gasteiger partial charge in [-0.25, -0.2) is 15.0 Å². The number of ether oxygens (including phenoxy) is 1. The van der Waals surface area contributed by atoms with E-state index in [-0.39, 0.29) is 6.10 Å². The second-order valence-electron chi connectivity index (χ2n) is 7.08. The van der Waals surface area contributed by atoms with E-state index >= 15 is 0 Å². The van der Waals surface area contributed by atoms with Crippen LogP contribution >= 0.6 is 0 Å². The molecule has 0 amide bonds. The van der Waals surface area contributed by atoms with Gasteiger partial charge in [0.2, 0.25) is 0 Å². The molecule has 1 saturated carbocycles. The Kier molecular flexibility index (Phi) is 4.83. The van der Waals surface area contributed by atoms with Gasteiger partial charge < -0.3 is 19.9 Å². The zero-order valence-electron chi connectivity index (χ0n) is 14.7. The van der Waals surface area contributed by atoms with Crippen molar-refractivity contribution in [2.24, 2.45) is 18.9 Å². The predicted octanol–water partition coefficient (Wildman–Crippen LogP) is 2.61. The maximum Gasteiger partial charge on any atom is 0.138 e. The van der Waals surface area contributed by atoms with Crippen molar-refractivity contribution in [1.29, 1.82) is 0 Å². The highest BCUT2D eigenvalue weighted by molar-refractivity contribution is 5.46. The van der Waals surface area contributed by atoms with Gasteiger partial charge in [-0.3, -0.25) is 0 Å². The molecular weight excluding hydrogens is 316 g/mol. The number of nitrogens with zero attached hydrogens (tertiary/aromatic N) is 4. The van der Waals surface area contributed by atoms with Crippen LogP contribution in [0.3, 0.4) is 0 Å². The van der Waals surface area contributed by atoms with Gasteiger partial charge in [-0.2, -0.15) is 0 Å². The van der Waals surface area contributed by atoms with Crippen LogP contribution in [-0.4, -0.2) is 39.2 Å². The van der Waals surface area contributed by atoms with E-state index in [4.69, 9.17) is 4.74 Å². The molecule has 1 saturated heterocycles. The third-order valence-electron chi connectivity index (χ3n) is 5.04. The fourth-order valence-corrected chi connectivity index (χ4v) is 3.35. The summed E-state index contributed by atoms with van der Waals surface area (Å²) in [4.78, 5) is 13.1. The number of aryl methyl sites for hydroxylation is 1. The normalized spacial score (nSPS) is 23.4. The van der Waals surface area contributed by atoms with Crippen molar-refractivity contribution in [3.63, 3.8) is 0 Å². The maximum atomic E-state index is 6.03. The minimum Gasteiger partial charge on any atom is -0.370 e. The Morgan fingerprint density at radius 1 is 1.12 bits per heavy atom. The predicted molar refractivity (Wildman–Crippen MR) is 96.4 cm³/mol. The van der Waals surface area contributed by atoms with Gasteiger partial charge in [0, 0.05) is 51.1 Å². The molecule has 134 valence electrons. The molecule has 2 fully saturated rings. The Hall–Kier alpha value is -2.15. The summed E-state index contributed by atoms with van der Waals surface area (Å²) in [5.74, 6) is 3.96.